The highest BCUT2D eigenvalue weighted by atomic mass is 32.2. The first-order valence-corrected chi connectivity index (χ1v) is 10.2. The average molecular weight is 370 g/mol. The maximum absolute atomic E-state index is 12.3. The monoisotopic (exact) mass is 369 g/mol. The SMILES string of the molecule is Cc1nc(SCC(=O)N2CCCC2)c2cc(-c3ccccc3)sc2n1. The quantitative estimate of drug-likeness (QED) is 0.506. The Balaban J connectivity index is 1.61. The van der Waals surface area contributed by atoms with Gasteiger partial charge in [-0.05, 0) is 31.4 Å². The average Bonchev–Trinajstić information content (AvgIpc) is 3.29. The van der Waals surface area contributed by atoms with E-state index in [-0.39, 0.29) is 5.91 Å². The van der Waals surface area contributed by atoms with Crippen molar-refractivity contribution in [2.24, 2.45) is 0 Å². The van der Waals surface area contributed by atoms with Crippen molar-refractivity contribution in [2.45, 2.75) is 24.8 Å². The van der Waals surface area contributed by atoms with E-state index in [2.05, 4.69) is 28.2 Å². The van der Waals surface area contributed by atoms with Gasteiger partial charge >= 0.3 is 0 Å². The molecule has 2 aromatic heterocycles. The molecule has 0 atom stereocenters. The van der Waals surface area contributed by atoms with Crippen LogP contribution in [0.1, 0.15) is 18.7 Å². The van der Waals surface area contributed by atoms with E-state index in [4.69, 9.17) is 0 Å². The summed E-state index contributed by atoms with van der Waals surface area (Å²) in [6.45, 7) is 3.70. The van der Waals surface area contributed by atoms with Crippen LogP contribution in [0, 0.1) is 6.92 Å². The third-order valence-corrected chi connectivity index (χ3v) is 6.37. The van der Waals surface area contributed by atoms with Crippen molar-refractivity contribution < 1.29 is 4.79 Å². The zero-order valence-corrected chi connectivity index (χ0v) is 15.7. The third kappa shape index (κ3) is 3.55. The van der Waals surface area contributed by atoms with Crippen molar-refractivity contribution in [3.8, 4) is 10.4 Å². The van der Waals surface area contributed by atoms with E-state index in [1.54, 1.807) is 11.3 Å². The van der Waals surface area contributed by atoms with E-state index in [1.807, 2.05) is 30.0 Å². The molecule has 3 heterocycles. The van der Waals surface area contributed by atoms with E-state index < -0.39 is 0 Å². The number of likely N-dealkylation sites (tertiary alicyclic amines) is 1. The number of carbonyl (C=O) groups excluding carboxylic acids is 1. The molecule has 0 aliphatic carbocycles. The summed E-state index contributed by atoms with van der Waals surface area (Å²) in [6, 6.07) is 12.5. The Morgan fingerprint density at radius 2 is 1.96 bits per heavy atom. The molecular weight excluding hydrogens is 350 g/mol. The van der Waals surface area contributed by atoms with Gasteiger partial charge < -0.3 is 4.90 Å². The number of thiophene rings is 1. The van der Waals surface area contributed by atoms with Crippen molar-refractivity contribution in [3.05, 3.63) is 42.2 Å². The van der Waals surface area contributed by atoms with E-state index >= 15 is 0 Å². The highest BCUT2D eigenvalue weighted by Gasteiger charge is 2.19. The number of aryl methyl sites for hydroxylation is 1. The molecular formula is C19H19N3OS2. The van der Waals surface area contributed by atoms with E-state index in [0.29, 0.717) is 5.75 Å². The smallest absolute Gasteiger partial charge is 0.232 e. The lowest BCUT2D eigenvalue weighted by Gasteiger charge is -2.14. The van der Waals surface area contributed by atoms with Crippen molar-refractivity contribution in [2.75, 3.05) is 18.8 Å². The Hall–Kier alpha value is -1.92. The van der Waals surface area contributed by atoms with Crippen LogP contribution in [-0.4, -0.2) is 39.6 Å². The Morgan fingerprint density at radius 3 is 2.72 bits per heavy atom. The molecule has 1 amide bonds. The summed E-state index contributed by atoms with van der Waals surface area (Å²) in [5.74, 6) is 1.41. The fraction of sp³-hybridized carbons (Fsp3) is 0.316. The van der Waals surface area contributed by atoms with Gasteiger partial charge in [-0.15, -0.1) is 11.3 Å². The normalized spacial score (nSPS) is 14.4. The predicted molar refractivity (Wildman–Crippen MR) is 104 cm³/mol. The molecule has 0 N–H and O–H groups in total. The van der Waals surface area contributed by atoms with Gasteiger partial charge in [-0.1, -0.05) is 42.1 Å². The van der Waals surface area contributed by atoms with Gasteiger partial charge in [0.05, 0.1) is 5.75 Å². The Labute approximate surface area is 155 Å². The topological polar surface area (TPSA) is 46.1 Å². The van der Waals surface area contributed by atoms with E-state index in [1.165, 1.54) is 22.2 Å². The summed E-state index contributed by atoms with van der Waals surface area (Å²) < 4.78 is 0. The number of hydrogen-bond acceptors (Lipinski definition) is 5. The number of benzene rings is 1. The number of fused-ring (bicyclic) bond motifs is 1. The summed E-state index contributed by atoms with van der Waals surface area (Å²) in [5, 5.41) is 1.96. The summed E-state index contributed by atoms with van der Waals surface area (Å²) in [7, 11) is 0. The van der Waals surface area contributed by atoms with Gasteiger partial charge in [-0.3, -0.25) is 4.79 Å². The lowest BCUT2D eigenvalue weighted by molar-refractivity contribution is -0.127. The molecule has 4 rings (SSSR count). The predicted octanol–water partition coefficient (Wildman–Crippen LogP) is 4.38. The minimum Gasteiger partial charge on any atom is -0.342 e. The number of thioether (sulfide) groups is 1. The number of rotatable bonds is 4. The van der Waals surface area contributed by atoms with Gasteiger partial charge in [0.1, 0.15) is 15.7 Å². The third-order valence-electron chi connectivity index (χ3n) is 4.32. The molecule has 128 valence electrons. The zero-order chi connectivity index (χ0) is 17.2. The van der Waals surface area contributed by atoms with Gasteiger partial charge in [-0.2, -0.15) is 0 Å². The molecule has 3 aromatic rings. The van der Waals surface area contributed by atoms with E-state index in [0.717, 1.165) is 47.0 Å². The molecule has 0 bridgehead atoms. The zero-order valence-electron chi connectivity index (χ0n) is 14.1. The fourth-order valence-corrected chi connectivity index (χ4v) is 5.14. The lowest BCUT2D eigenvalue weighted by Crippen LogP contribution is -2.29. The number of nitrogens with zero attached hydrogens (tertiary/aromatic N) is 3. The van der Waals surface area contributed by atoms with Crippen LogP contribution in [0.25, 0.3) is 20.7 Å². The van der Waals surface area contributed by atoms with Gasteiger partial charge in [-0.25, -0.2) is 9.97 Å². The van der Waals surface area contributed by atoms with Crippen LogP contribution in [0.3, 0.4) is 0 Å². The van der Waals surface area contributed by atoms with Crippen molar-refractivity contribution in [1.29, 1.82) is 0 Å². The Kier molecular flexibility index (Phi) is 4.72. The molecule has 1 saturated heterocycles. The van der Waals surface area contributed by atoms with Crippen LogP contribution < -0.4 is 0 Å². The standard InChI is InChI=1S/C19H19N3OS2/c1-13-20-18(24-12-17(23)22-9-5-6-10-22)15-11-16(25-19(15)21-13)14-7-3-2-4-8-14/h2-4,7-8,11H,5-6,9-10,12H2,1H3. The first kappa shape index (κ1) is 16.5. The first-order chi connectivity index (χ1) is 12.2. The summed E-state index contributed by atoms with van der Waals surface area (Å²) >= 11 is 3.21. The Morgan fingerprint density at radius 1 is 1.20 bits per heavy atom. The summed E-state index contributed by atoms with van der Waals surface area (Å²) in [5.41, 5.74) is 1.19. The van der Waals surface area contributed by atoms with Gasteiger partial charge in [0.25, 0.3) is 0 Å². The molecule has 1 aliphatic heterocycles. The van der Waals surface area contributed by atoms with Crippen LogP contribution in [-0.2, 0) is 4.79 Å². The number of aromatic nitrogens is 2. The maximum atomic E-state index is 12.3. The Bertz CT molecular complexity index is 902. The number of amides is 1. The highest BCUT2D eigenvalue weighted by Crippen LogP contribution is 2.36. The van der Waals surface area contributed by atoms with Gasteiger partial charge in [0, 0.05) is 23.4 Å². The molecule has 4 nitrogen and oxygen atoms in total. The van der Waals surface area contributed by atoms with Crippen LogP contribution in [0.15, 0.2) is 41.4 Å². The van der Waals surface area contributed by atoms with Crippen molar-refractivity contribution >= 4 is 39.2 Å². The molecule has 6 heteroatoms. The minimum atomic E-state index is 0.213. The first-order valence-electron chi connectivity index (χ1n) is 8.45. The second-order valence-corrected chi connectivity index (χ2v) is 8.14. The molecule has 1 fully saturated rings. The van der Waals surface area contributed by atoms with Crippen molar-refractivity contribution in [1.82, 2.24) is 14.9 Å². The largest absolute Gasteiger partial charge is 0.342 e. The molecule has 0 spiro atoms. The summed E-state index contributed by atoms with van der Waals surface area (Å²) in [4.78, 5) is 25.6. The number of carbonyl (C=O) groups is 1. The molecule has 1 aromatic carbocycles. The van der Waals surface area contributed by atoms with Crippen LogP contribution in [0.4, 0.5) is 0 Å². The fourth-order valence-electron chi connectivity index (χ4n) is 3.04. The second kappa shape index (κ2) is 7.14. The van der Waals surface area contributed by atoms with Gasteiger partial charge in [0.2, 0.25) is 5.91 Å². The van der Waals surface area contributed by atoms with Crippen LogP contribution >= 0.6 is 23.1 Å². The summed E-state index contributed by atoms with van der Waals surface area (Å²) in [6.07, 6.45) is 2.25. The van der Waals surface area contributed by atoms with Crippen LogP contribution in [0.2, 0.25) is 0 Å². The van der Waals surface area contributed by atoms with Gasteiger partial charge in [0.15, 0.2) is 0 Å². The number of hydrogen-bond donors (Lipinski definition) is 0. The minimum absolute atomic E-state index is 0.213. The molecule has 1 aliphatic rings. The van der Waals surface area contributed by atoms with Crippen LogP contribution in [0.5, 0.6) is 0 Å². The highest BCUT2D eigenvalue weighted by molar-refractivity contribution is 8.00. The molecule has 0 saturated carbocycles. The molecule has 0 unspecified atom stereocenters. The van der Waals surface area contributed by atoms with Crippen molar-refractivity contribution in [3.63, 3.8) is 0 Å². The lowest BCUT2D eigenvalue weighted by atomic mass is 10.2. The second-order valence-electron chi connectivity index (χ2n) is 6.15. The molecule has 25 heavy (non-hydrogen) atoms. The molecule has 0 radical (unpaired) electrons. The maximum Gasteiger partial charge on any atom is 0.232 e. The van der Waals surface area contributed by atoms with E-state index in [9.17, 15) is 4.79 Å².